The maximum absolute atomic E-state index is 12.1. The molecule has 1 aliphatic rings. The number of hydrogen-bond donors (Lipinski definition) is 1. The fraction of sp³-hybridized carbons (Fsp3) is 0.562. The number of ether oxygens (including phenoxy) is 1. The molecule has 1 N–H and O–H groups in total. The number of benzene rings is 1. The number of hydrogen-bond acceptors (Lipinski definition) is 2. The Morgan fingerprint density at radius 3 is 2.63 bits per heavy atom. The minimum atomic E-state index is 0.108. The van der Waals surface area contributed by atoms with E-state index in [1.807, 2.05) is 19.9 Å². The molecule has 0 unspecified atom stereocenters. The van der Waals surface area contributed by atoms with Crippen LogP contribution in [0.4, 0.5) is 0 Å². The zero-order chi connectivity index (χ0) is 13.8. The van der Waals surface area contributed by atoms with Crippen LogP contribution in [0.15, 0.2) is 12.1 Å². The first-order valence-corrected chi connectivity index (χ1v) is 7.03. The largest absolute Gasteiger partial charge is 0.496 e. The second-order valence-corrected chi connectivity index (χ2v) is 5.49. The maximum Gasteiger partial charge on any atom is 0.224 e. The van der Waals surface area contributed by atoms with E-state index in [1.54, 1.807) is 7.11 Å². The first kappa shape index (κ1) is 13.9. The zero-order valence-electron chi connectivity index (χ0n) is 12.1. The highest BCUT2D eigenvalue weighted by Crippen LogP contribution is 2.25. The molecule has 0 aromatic heterocycles. The third-order valence-corrected chi connectivity index (χ3v) is 3.85. The molecule has 0 heterocycles. The fourth-order valence-electron chi connectivity index (χ4n) is 2.88. The lowest BCUT2D eigenvalue weighted by atomic mass is 10.0. The number of nitrogens with one attached hydrogen (secondary N) is 1. The van der Waals surface area contributed by atoms with Crippen LogP contribution in [0.3, 0.4) is 0 Å². The summed E-state index contributed by atoms with van der Waals surface area (Å²) in [6, 6.07) is 4.47. The Morgan fingerprint density at radius 1 is 1.32 bits per heavy atom. The van der Waals surface area contributed by atoms with Gasteiger partial charge in [-0.1, -0.05) is 18.9 Å². The van der Waals surface area contributed by atoms with Gasteiger partial charge in [0.1, 0.15) is 5.75 Å². The predicted molar refractivity (Wildman–Crippen MR) is 76.6 cm³/mol. The molecule has 1 amide bonds. The molecule has 0 aliphatic heterocycles. The van der Waals surface area contributed by atoms with Crippen molar-refractivity contribution >= 4 is 5.91 Å². The molecule has 2 rings (SSSR count). The lowest BCUT2D eigenvalue weighted by Gasteiger charge is -2.15. The van der Waals surface area contributed by atoms with Gasteiger partial charge in [-0.15, -0.1) is 0 Å². The molecular formula is C16H23NO2. The van der Waals surface area contributed by atoms with Gasteiger partial charge in [0.25, 0.3) is 0 Å². The molecule has 0 radical (unpaired) electrons. The van der Waals surface area contributed by atoms with Crippen molar-refractivity contribution in [3.8, 4) is 5.75 Å². The van der Waals surface area contributed by atoms with E-state index < -0.39 is 0 Å². The molecule has 104 valence electrons. The molecule has 19 heavy (non-hydrogen) atoms. The Balaban J connectivity index is 2.07. The molecule has 1 fully saturated rings. The molecule has 1 saturated carbocycles. The van der Waals surface area contributed by atoms with Crippen LogP contribution >= 0.6 is 0 Å². The summed E-state index contributed by atoms with van der Waals surface area (Å²) in [5.41, 5.74) is 3.29. The van der Waals surface area contributed by atoms with Gasteiger partial charge in [0.15, 0.2) is 0 Å². The average molecular weight is 261 g/mol. The Kier molecular flexibility index (Phi) is 4.46. The summed E-state index contributed by atoms with van der Waals surface area (Å²) in [6.07, 6.45) is 5.12. The number of methoxy groups -OCH3 is 1. The van der Waals surface area contributed by atoms with Crippen molar-refractivity contribution < 1.29 is 9.53 Å². The van der Waals surface area contributed by atoms with Crippen LogP contribution in [0.2, 0.25) is 0 Å². The number of carbonyl (C=O) groups excluding carboxylic acids is 1. The summed E-state index contributed by atoms with van der Waals surface area (Å²) in [5, 5.41) is 3.13. The molecule has 0 bridgehead atoms. The van der Waals surface area contributed by atoms with E-state index in [4.69, 9.17) is 4.74 Å². The highest BCUT2D eigenvalue weighted by Gasteiger charge is 2.18. The number of rotatable bonds is 4. The van der Waals surface area contributed by atoms with E-state index in [0.717, 1.165) is 35.3 Å². The quantitative estimate of drug-likeness (QED) is 0.905. The molecule has 3 nitrogen and oxygen atoms in total. The van der Waals surface area contributed by atoms with E-state index in [9.17, 15) is 4.79 Å². The van der Waals surface area contributed by atoms with Gasteiger partial charge in [0.2, 0.25) is 5.91 Å². The Hall–Kier alpha value is -1.51. The lowest BCUT2D eigenvalue weighted by Crippen LogP contribution is -2.33. The van der Waals surface area contributed by atoms with E-state index in [2.05, 4.69) is 11.4 Å². The van der Waals surface area contributed by atoms with Crippen LogP contribution in [-0.4, -0.2) is 19.1 Å². The van der Waals surface area contributed by atoms with Crippen molar-refractivity contribution in [3.05, 3.63) is 28.8 Å². The van der Waals surface area contributed by atoms with E-state index in [-0.39, 0.29) is 5.91 Å². The van der Waals surface area contributed by atoms with E-state index in [0.29, 0.717) is 12.5 Å². The normalized spacial score (nSPS) is 15.5. The Bertz CT molecular complexity index is 462. The highest BCUT2D eigenvalue weighted by molar-refractivity contribution is 5.80. The molecule has 0 saturated heterocycles. The SMILES string of the molecule is COc1cc(C)cc(C)c1CC(=O)NC1CCCC1. The lowest BCUT2D eigenvalue weighted by molar-refractivity contribution is -0.121. The highest BCUT2D eigenvalue weighted by atomic mass is 16.5. The van der Waals surface area contributed by atoms with Crippen LogP contribution in [0.5, 0.6) is 5.75 Å². The smallest absolute Gasteiger partial charge is 0.224 e. The maximum atomic E-state index is 12.1. The van der Waals surface area contributed by atoms with E-state index >= 15 is 0 Å². The molecule has 1 aromatic rings. The standard InChI is InChI=1S/C16H23NO2/c1-11-8-12(2)14(15(9-11)19-3)10-16(18)17-13-6-4-5-7-13/h8-9,13H,4-7,10H2,1-3H3,(H,17,18). The molecule has 1 aliphatic carbocycles. The van der Waals surface area contributed by atoms with Crippen molar-refractivity contribution in [1.29, 1.82) is 0 Å². The van der Waals surface area contributed by atoms with Gasteiger partial charge in [0, 0.05) is 11.6 Å². The average Bonchev–Trinajstić information content (AvgIpc) is 2.85. The van der Waals surface area contributed by atoms with Gasteiger partial charge < -0.3 is 10.1 Å². The van der Waals surface area contributed by atoms with Crippen molar-refractivity contribution in [2.24, 2.45) is 0 Å². The third kappa shape index (κ3) is 3.49. The second kappa shape index (κ2) is 6.09. The van der Waals surface area contributed by atoms with Gasteiger partial charge in [-0.3, -0.25) is 4.79 Å². The summed E-state index contributed by atoms with van der Waals surface area (Å²) < 4.78 is 5.40. The molecule has 1 aromatic carbocycles. The number of aryl methyl sites for hydroxylation is 2. The molecular weight excluding hydrogens is 238 g/mol. The number of amides is 1. The van der Waals surface area contributed by atoms with Gasteiger partial charge in [0.05, 0.1) is 13.5 Å². The van der Waals surface area contributed by atoms with Crippen molar-refractivity contribution in [2.75, 3.05) is 7.11 Å². The van der Waals surface area contributed by atoms with Crippen LogP contribution in [0, 0.1) is 13.8 Å². The summed E-state index contributed by atoms with van der Waals surface area (Å²) in [6.45, 7) is 4.08. The second-order valence-electron chi connectivity index (χ2n) is 5.49. The molecule has 3 heteroatoms. The van der Waals surface area contributed by atoms with Gasteiger partial charge >= 0.3 is 0 Å². The van der Waals surface area contributed by atoms with Crippen molar-refractivity contribution in [3.63, 3.8) is 0 Å². The van der Waals surface area contributed by atoms with Gasteiger partial charge in [-0.25, -0.2) is 0 Å². The summed E-state index contributed by atoms with van der Waals surface area (Å²) in [7, 11) is 1.66. The van der Waals surface area contributed by atoms with Crippen molar-refractivity contribution in [2.45, 2.75) is 52.0 Å². The van der Waals surface area contributed by atoms with Crippen LogP contribution < -0.4 is 10.1 Å². The third-order valence-electron chi connectivity index (χ3n) is 3.85. The predicted octanol–water partition coefficient (Wildman–Crippen LogP) is 2.91. The summed E-state index contributed by atoms with van der Waals surface area (Å²) in [5.74, 6) is 0.927. The topological polar surface area (TPSA) is 38.3 Å². The monoisotopic (exact) mass is 261 g/mol. The summed E-state index contributed by atoms with van der Waals surface area (Å²) in [4.78, 5) is 12.1. The Morgan fingerprint density at radius 2 is 2.00 bits per heavy atom. The fourth-order valence-corrected chi connectivity index (χ4v) is 2.88. The minimum absolute atomic E-state index is 0.108. The van der Waals surface area contributed by atoms with E-state index in [1.165, 1.54) is 12.8 Å². The van der Waals surface area contributed by atoms with Crippen LogP contribution in [0.1, 0.15) is 42.4 Å². The Labute approximate surface area is 115 Å². The zero-order valence-corrected chi connectivity index (χ0v) is 12.1. The first-order chi connectivity index (χ1) is 9.10. The molecule has 0 spiro atoms. The first-order valence-electron chi connectivity index (χ1n) is 7.03. The van der Waals surface area contributed by atoms with Gasteiger partial charge in [-0.2, -0.15) is 0 Å². The number of carbonyl (C=O) groups is 1. The summed E-state index contributed by atoms with van der Waals surface area (Å²) >= 11 is 0. The minimum Gasteiger partial charge on any atom is -0.496 e. The molecule has 0 atom stereocenters. The van der Waals surface area contributed by atoms with Crippen molar-refractivity contribution in [1.82, 2.24) is 5.32 Å². The van der Waals surface area contributed by atoms with Crippen LogP contribution in [0.25, 0.3) is 0 Å². The van der Waals surface area contributed by atoms with Gasteiger partial charge in [-0.05, 0) is 43.9 Å². The van der Waals surface area contributed by atoms with Crippen LogP contribution in [-0.2, 0) is 11.2 Å².